The van der Waals surface area contributed by atoms with Gasteiger partial charge in [0, 0.05) is 6.54 Å². The minimum absolute atomic E-state index is 0.0567. The zero-order chi connectivity index (χ0) is 15.5. The van der Waals surface area contributed by atoms with Crippen molar-refractivity contribution in [2.45, 2.75) is 26.3 Å². The van der Waals surface area contributed by atoms with Gasteiger partial charge in [0.05, 0.1) is 5.56 Å². The van der Waals surface area contributed by atoms with Crippen LogP contribution in [0.15, 0.2) is 42.5 Å². The molecule has 0 saturated carbocycles. The van der Waals surface area contributed by atoms with E-state index in [1.165, 1.54) is 6.07 Å². The second-order valence-electron chi connectivity index (χ2n) is 4.75. The van der Waals surface area contributed by atoms with Crippen molar-refractivity contribution in [3.05, 3.63) is 64.7 Å². The molecule has 0 bridgehead atoms. The summed E-state index contributed by atoms with van der Waals surface area (Å²) in [6.07, 6.45) is -4.47. The van der Waals surface area contributed by atoms with Gasteiger partial charge in [0.25, 0.3) is 0 Å². The Morgan fingerprint density at radius 3 is 2.43 bits per heavy atom. The molecule has 0 fully saturated rings. The maximum absolute atomic E-state index is 13.0. The van der Waals surface area contributed by atoms with Crippen molar-refractivity contribution in [2.24, 2.45) is 5.73 Å². The molecule has 0 radical (unpaired) electrons. The smallest absolute Gasteiger partial charge is 0.419 e. The number of rotatable bonds is 4. The number of alkyl halides is 3. The molecule has 0 aliphatic rings. The summed E-state index contributed by atoms with van der Waals surface area (Å²) < 4.78 is 44.5. The number of ether oxygens (including phenoxy) is 1. The normalized spacial score (nSPS) is 11.5. The van der Waals surface area contributed by atoms with Crippen LogP contribution < -0.4 is 10.5 Å². The average molecular weight is 295 g/mol. The third-order valence-corrected chi connectivity index (χ3v) is 3.23. The summed E-state index contributed by atoms with van der Waals surface area (Å²) in [5, 5.41) is 0. The van der Waals surface area contributed by atoms with Crippen molar-refractivity contribution >= 4 is 0 Å². The van der Waals surface area contributed by atoms with Crippen molar-refractivity contribution in [1.82, 2.24) is 0 Å². The molecular formula is C16H16F3NO. The molecule has 5 heteroatoms. The van der Waals surface area contributed by atoms with E-state index in [2.05, 4.69) is 0 Å². The summed E-state index contributed by atoms with van der Waals surface area (Å²) in [7, 11) is 0. The molecule has 0 aromatic heterocycles. The highest BCUT2D eigenvalue weighted by molar-refractivity contribution is 5.39. The largest absolute Gasteiger partial charge is 0.488 e. The molecule has 2 N–H and O–H groups in total. The zero-order valence-corrected chi connectivity index (χ0v) is 11.6. The Balaban J connectivity index is 2.26. The first-order valence-electron chi connectivity index (χ1n) is 6.49. The maximum Gasteiger partial charge on any atom is 0.419 e. The SMILES string of the molecule is Cc1ccccc1COc1ccc(CN)cc1C(F)(F)F. The lowest BCUT2D eigenvalue weighted by Crippen LogP contribution is -2.10. The number of hydrogen-bond donors (Lipinski definition) is 1. The summed E-state index contributed by atoms with van der Waals surface area (Å²) in [4.78, 5) is 0. The molecule has 112 valence electrons. The fourth-order valence-electron chi connectivity index (χ4n) is 1.98. The third-order valence-electron chi connectivity index (χ3n) is 3.23. The van der Waals surface area contributed by atoms with Crippen LogP contribution in [-0.4, -0.2) is 0 Å². The second kappa shape index (κ2) is 6.18. The molecule has 0 aliphatic heterocycles. The van der Waals surface area contributed by atoms with Gasteiger partial charge in [0.15, 0.2) is 0 Å². The molecule has 21 heavy (non-hydrogen) atoms. The Morgan fingerprint density at radius 1 is 1.10 bits per heavy atom. The van der Waals surface area contributed by atoms with Gasteiger partial charge >= 0.3 is 6.18 Å². The van der Waals surface area contributed by atoms with E-state index in [0.29, 0.717) is 5.56 Å². The van der Waals surface area contributed by atoms with E-state index in [9.17, 15) is 13.2 Å². The Hall–Kier alpha value is -2.01. The van der Waals surface area contributed by atoms with E-state index < -0.39 is 11.7 Å². The fraction of sp³-hybridized carbons (Fsp3) is 0.250. The van der Waals surface area contributed by atoms with Gasteiger partial charge in [-0.2, -0.15) is 13.2 Å². The van der Waals surface area contributed by atoms with Crippen LogP contribution in [0.4, 0.5) is 13.2 Å². The minimum atomic E-state index is -4.47. The predicted octanol–water partition coefficient (Wildman–Crippen LogP) is 4.05. The van der Waals surface area contributed by atoms with Crippen LogP contribution >= 0.6 is 0 Å². The van der Waals surface area contributed by atoms with E-state index in [1.54, 1.807) is 6.07 Å². The molecule has 0 unspecified atom stereocenters. The number of aryl methyl sites for hydroxylation is 1. The summed E-state index contributed by atoms with van der Waals surface area (Å²) in [5.41, 5.74) is 6.85. The molecule has 2 aromatic rings. The fourth-order valence-corrected chi connectivity index (χ4v) is 1.98. The van der Waals surface area contributed by atoms with Crippen LogP contribution in [0, 0.1) is 6.92 Å². The molecular weight excluding hydrogens is 279 g/mol. The van der Waals surface area contributed by atoms with E-state index in [0.717, 1.165) is 17.2 Å². The molecule has 0 aliphatic carbocycles. The first-order valence-corrected chi connectivity index (χ1v) is 6.49. The average Bonchev–Trinajstić information content (AvgIpc) is 2.45. The Bertz CT molecular complexity index is 623. The maximum atomic E-state index is 13.0. The minimum Gasteiger partial charge on any atom is -0.488 e. The van der Waals surface area contributed by atoms with Crippen LogP contribution in [0.3, 0.4) is 0 Å². The summed E-state index contributed by atoms with van der Waals surface area (Å²) in [6, 6.07) is 11.3. The van der Waals surface area contributed by atoms with Gasteiger partial charge in [0.2, 0.25) is 0 Å². The molecule has 2 rings (SSSR count). The van der Waals surface area contributed by atoms with Gasteiger partial charge < -0.3 is 10.5 Å². The summed E-state index contributed by atoms with van der Waals surface area (Å²) in [6.45, 7) is 2.04. The lowest BCUT2D eigenvalue weighted by molar-refractivity contribution is -0.139. The van der Waals surface area contributed by atoms with E-state index >= 15 is 0 Å². The number of benzene rings is 2. The van der Waals surface area contributed by atoms with Crippen LogP contribution in [0.1, 0.15) is 22.3 Å². The molecule has 2 aromatic carbocycles. The van der Waals surface area contributed by atoms with Crippen molar-refractivity contribution in [3.63, 3.8) is 0 Å². The molecule has 0 heterocycles. The topological polar surface area (TPSA) is 35.2 Å². The molecule has 2 nitrogen and oxygen atoms in total. The number of nitrogens with two attached hydrogens (primary N) is 1. The highest BCUT2D eigenvalue weighted by atomic mass is 19.4. The second-order valence-corrected chi connectivity index (χ2v) is 4.75. The Kier molecular flexibility index (Phi) is 4.53. The van der Waals surface area contributed by atoms with Crippen LogP contribution in [-0.2, 0) is 19.3 Å². The first-order chi connectivity index (χ1) is 9.91. The van der Waals surface area contributed by atoms with Crippen molar-refractivity contribution in [2.75, 3.05) is 0 Å². The lowest BCUT2D eigenvalue weighted by atomic mass is 10.1. The highest BCUT2D eigenvalue weighted by Crippen LogP contribution is 2.37. The van der Waals surface area contributed by atoms with Gasteiger partial charge in [-0.1, -0.05) is 30.3 Å². The van der Waals surface area contributed by atoms with Crippen molar-refractivity contribution in [3.8, 4) is 5.75 Å². The number of hydrogen-bond acceptors (Lipinski definition) is 2. The number of halogens is 3. The highest BCUT2D eigenvalue weighted by Gasteiger charge is 2.34. The van der Waals surface area contributed by atoms with Crippen molar-refractivity contribution < 1.29 is 17.9 Å². The zero-order valence-electron chi connectivity index (χ0n) is 11.6. The van der Waals surface area contributed by atoms with Crippen LogP contribution in [0.25, 0.3) is 0 Å². The standard InChI is InChI=1S/C16H16F3NO/c1-11-4-2-3-5-13(11)10-21-15-7-6-12(9-20)8-14(15)16(17,18)19/h2-8H,9-10,20H2,1H3. The summed E-state index contributed by atoms with van der Waals surface area (Å²) in [5.74, 6) is -0.178. The Labute approximate surface area is 121 Å². The van der Waals surface area contributed by atoms with Gasteiger partial charge in [-0.25, -0.2) is 0 Å². The van der Waals surface area contributed by atoms with Gasteiger partial charge in [0.1, 0.15) is 12.4 Å². The lowest BCUT2D eigenvalue weighted by Gasteiger charge is -2.15. The van der Waals surface area contributed by atoms with E-state index in [1.807, 2.05) is 31.2 Å². The molecule has 0 atom stereocenters. The quantitative estimate of drug-likeness (QED) is 0.923. The molecule has 0 amide bonds. The van der Waals surface area contributed by atoms with E-state index in [4.69, 9.17) is 10.5 Å². The first kappa shape index (κ1) is 15.4. The Morgan fingerprint density at radius 2 is 1.81 bits per heavy atom. The van der Waals surface area contributed by atoms with Gasteiger partial charge in [-0.3, -0.25) is 0 Å². The monoisotopic (exact) mass is 295 g/mol. The predicted molar refractivity (Wildman–Crippen MR) is 74.8 cm³/mol. The molecule has 0 spiro atoms. The summed E-state index contributed by atoms with van der Waals surface area (Å²) >= 11 is 0. The van der Waals surface area contributed by atoms with Gasteiger partial charge in [-0.15, -0.1) is 0 Å². The van der Waals surface area contributed by atoms with Crippen LogP contribution in [0.2, 0.25) is 0 Å². The van der Waals surface area contributed by atoms with Crippen LogP contribution in [0.5, 0.6) is 5.75 Å². The third kappa shape index (κ3) is 3.76. The van der Waals surface area contributed by atoms with E-state index in [-0.39, 0.29) is 18.9 Å². The molecule has 0 saturated heterocycles. The van der Waals surface area contributed by atoms with Crippen molar-refractivity contribution in [1.29, 1.82) is 0 Å². The van der Waals surface area contributed by atoms with Gasteiger partial charge in [-0.05, 0) is 35.7 Å².